The van der Waals surface area contributed by atoms with E-state index in [1.807, 2.05) is 19.1 Å². The maximum Gasteiger partial charge on any atom is 0.264 e. The summed E-state index contributed by atoms with van der Waals surface area (Å²) in [7, 11) is 3.14. The van der Waals surface area contributed by atoms with Crippen molar-refractivity contribution in [1.82, 2.24) is 4.90 Å². The number of benzene rings is 2. The Kier molecular flexibility index (Phi) is 7.65. The van der Waals surface area contributed by atoms with Crippen LogP contribution in [0, 0.1) is 22.7 Å². The summed E-state index contributed by atoms with van der Waals surface area (Å²) in [5.41, 5.74) is 1.75. The van der Waals surface area contributed by atoms with Crippen LogP contribution in [0.15, 0.2) is 42.0 Å². The summed E-state index contributed by atoms with van der Waals surface area (Å²) >= 11 is 6.40. The second-order valence-electron chi connectivity index (χ2n) is 6.19. The van der Waals surface area contributed by atoms with Gasteiger partial charge in [-0.3, -0.25) is 4.79 Å². The lowest BCUT2D eigenvalue weighted by atomic mass is 10.1. The molecule has 0 saturated heterocycles. The predicted molar refractivity (Wildman–Crippen MR) is 110 cm³/mol. The zero-order valence-electron chi connectivity index (χ0n) is 16.4. The first-order valence-corrected chi connectivity index (χ1v) is 9.19. The van der Waals surface area contributed by atoms with Crippen molar-refractivity contribution in [3.05, 3.63) is 63.7 Å². The van der Waals surface area contributed by atoms with Gasteiger partial charge in [0.05, 0.1) is 23.3 Å². The largest absolute Gasteiger partial charge is 0.490 e. The fourth-order valence-electron chi connectivity index (χ4n) is 2.53. The van der Waals surface area contributed by atoms with Crippen LogP contribution >= 0.6 is 11.6 Å². The average molecular weight is 410 g/mol. The number of amides is 1. The van der Waals surface area contributed by atoms with Crippen molar-refractivity contribution in [2.75, 3.05) is 20.7 Å². The van der Waals surface area contributed by atoms with E-state index in [-0.39, 0.29) is 17.2 Å². The minimum atomic E-state index is -0.407. The Balaban J connectivity index is 2.39. The molecule has 6 nitrogen and oxygen atoms in total. The number of nitriles is 2. The van der Waals surface area contributed by atoms with Crippen LogP contribution in [0.1, 0.15) is 23.6 Å². The molecule has 0 bridgehead atoms. The van der Waals surface area contributed by atoms with Crippen LogP contribution in [-0.4, -0.2) is 31.5 Å². The third kappa shape index (κ3) is 5.51. The van der Waals surface area contributed by atoms with Gasteiger partial charge in [0.15, 0.2) is 11.5 Å². The lowest BCUT2D eigenvalue weighted by Gasteiger charge is -2.15. The van der Waals surface area contributed by atoms with Crippen LogP contribution in [0.25, 0.3) is 6.08 Å². The van der Waals surface area contributed by atoms with Crippen LogP contribution in [-0.2, 0) is 11.4 Å². The standard InChI is InChI=1S/C22H20ClN3O3/c1-4-28-20-11-15(9-18(13-25)22(27)26(2)3)10-19(23)21(20)29-14-17-8-6-5-7-16(17)12-24/h5-11H,4,14H2,1-3H3/b18-9+. The first-order valence-electron chi connectivity index (χ1n) is 8.81. The van der Waals surface area contributed by atoms with E-state index in [1.165, 1.54) is 11.0 Å². The third-order valence-electron chi connectivity index (χ3n) is 3.91. The monoisotopic (exact) mass is 409 g/mol. The molecule has 0 radical (unpaired) electrons. The second-order valence-corrected chi connectivity index (χ2v) is 6.60. The summed E-state index contributed by atoms with van der Waals surface area (Å²) in [5.74, 6) is 0.307. The van der Waals surface area contributed by atoms with E-state index in [2.05, 4.69) is 6.07 Å². The zero-order chi connectivity index (χ0) is 21.4. The Labute approximate surface area is 175 Å². The Morgan fingerprint density at radius 1 is 1.21 bits per heavy atom. The number of hydrogen-bond acceptors (Lipinski definition) is 5. The van der Waals surface area contributed by atoms with Crippen molar-refractivity contribution in [2.24, 2.45) is 0 Å². The minimum Gasteiger partial charge on any atom is -0.490 e. The molecule has 0 unspecified atom stereocenters. The van der Waals surface area contributed by atoms with Gasteiger partial charge in [-0.2, -0.15) is 10.5 Å². The van der Waals surface area contributed by atoms with Gasteiger partial charge in [-0.15, -0.1) is 0 Å². The topological polar surface area (TPSA) is 86.3 Å². The van der Waals surface area contributed by atoms with Crippen molar-refractivity contribution < 1.29 is 14.3 Å². The average Bonchev–Trinajstić information content (AvgIpc) is 2.71. The zero-order valence-corrected chi connectivity index (χ0v) is 17.2. The number of ether oxygens (including phenoxy) is 2. The first kappa shape index (κ1) is 21.8. The Bertz CT molecular complexity index is 1020. The minimum absolute atomic E-state index is 0.0230. The molecule has 0 aliphatic heterocycles. The molecule has 0 aliphatic rings. The number of rotatable bonds is 7. The fourth-order valence-corrected chi connectivity index (χ4v) is 2.80. The second kappa shape index (κ2) is 10.2. The van der Waals surface area contributed by atoms with E-state index >= 15 is 0 Å². The van der Waals surface area contributed by atoms with Gasteiger partial charge in [0, 0.05) is 19.7 Å². The van der Waals surface area contributed by atoms with Gasteiger partial charge in [0.1, 0.15) is 18.2 Å². The summed E-state index contributed by atoms with van der Waals surface area (Å²) in [4.78, 5) is 13.4. The molecule has 0 fully saturated rings. The summed E-state index contributed by atoms with van der Waals surface area (Å²) in [6, 6.07) is 14.4. The van der Waals surface area contributed by atoms with Gasteiger partial charge >= 0.3 is 0 Å². The van der Waals surface area contributed by atoms with E-state index < -0.39 is 5.91 Å². The molecule has 0 aromatic heterocycles. The number of hydrogen-bond donors (Lipinski definition) is 0. The van der Waals surface area contributed by atoms with Gasteiger partial charge in [0.25, 0.3) is 5.91 Å². The van der Waals surface area contributed by atoms with Gasteiger partial charge in [-0.1, -0.05) is 29.8 Å². The van der Waals surface area contributed by atoms with Gasteiger partial charge < -0.3 is 14.4 Å². The van der Waals surface area contributed by atoms with E-state index in [1.54, 1.807) is 44.4 Å². The highest BCUT2D eigenvalue weighted by Crippen LogP contribution is 2.38. The maximum atomic E-state index is 12.1. The first-order chi connectivity index (χ1) is 13.9. The van der Waals surface area contributed by atoms with Crippen molar-refractivity contribution >= 4 is 23.6 Å². The molecule has 7 heteroatoms. The highest BCUT2D eigenvalue weighted by Gasteiger charge is 2.16. The smallest absolute Gasteiger partial charge is 0.264 e. The SMILES string of the molecule is CCOc1cc(/C=C(\C#N)C(=O)N(C)C)cc(Cl)c1OCc1ccccc1C#N. The number of likely N-dealkylation sites (N-methyl/N-ethyl adjacent to an activating group) is 1. The molecule has 2 aromatic rings. The van der Waals surface area contributed by atoms with Gasteiger partial charge in [-0.05, 0) is 36.8 Å². The van der Waals surface area contributed by atoms with Crippen LogP contribution in [0.2, 0.25) is 5.02 Å². The molecule has 29 heavy (non-hydrogen) atoms. The molecule has 148 valence electrons. The van der Waals surface area contributed by atoms with Crippen molar-refractivity contribution in [3.63, 3.8) is 0 Å². The highest BCUT2D eigenvalue weighted by molar-refractivity contribution is 6.32. The van der Waals surface area contributed by atoms with E-state index in [9.17, 15) is 15.3 Å². The normalized spacial score (nSPS) is 10.6. The van der Waals surface area contributed by atoms with Crippen LogP contribution in [0.3, 0.4) is 0 Å². The fraction of sp³-hybridized carbons (Fsp3) is 0.227. The molecule has 1 amide bonds. The summed E-state index contributed by atoms with van der Waals surface area (Å²) in [5, 5.41) is 18.8. The molecule has 0 atom stereocenters. The number of nitrogens with zero attached hydrogens (tertiary/aromatic N) is 3. The summed E-state index contributed by atoms with van der Waals surface area (Å²) in [6.45, 7) is 2.33. The number of carbonyl (C=O) groups is 1. The van der Waals surface area contributed by atoms with E-state index in [4.69, 9.17) is 21.1 Å². The lowest BCUT2D eigenvalue weighted by molar-refractivity contribution is -0.124. The molecule has 0 saturated carbocycles. The quantitative estimate of drug-likeness (QED) is 0.505. The molecule has 0 aliphatic carbocycles. The Morgan fingerprint density at radius 3 is 2.55 bits per heavy atom. The van der Waals surface area contributed by atoms with Gasteiger partial charge in [-0.25, -0.2) is 0 Å². The highest BCUT2D eigenvalue weighted by atomic mass is 35.5. The van der Waals surface area contributed by atoms with E-state index in [0.717, 1.165) is 5.56 Å². The van der Waals surface area contributed by atoms with Crippen LogP contribution < -0.4 is 9.47 Å². The summed E-state index contributed by atoms with van der Waals surface area (Å²) in [6.07, 6.45) is 1.45. The predicted octanol–water partition coefficient (Wildman–Crippen LogP) is 4.18. The Hall–Kier alpha value is -3.48. The molecule has 2 aromatic carbocycles. The number of carbonyl (C=O) groups excluding carboxylic acids is 1. The van der Waals surface area contributed by atoms with Crippen molar-refractivity contribution in [3.8, 4) is 23.6 Å². The number of halogens is 1. The van der Waals surface area contributed by atoms with E-state index in [0.29, 0.717) is 29.2 Å². The van der Waals surface area contributed by atoms with Gasteiger partial charge in [0.2, 0.25) is 0 Å². The lowest BCUT2D eigenvalue weighted by Crippen LogP contribution is -2.22. The van der Waals surface area contributed by atoms with Crippen molar-refractivity contribution in [2.45, 2.75) is 13.5 Å². The summed E-state index contributed by atoms with van der Waals surface area (Å²) < 4.78 is 11.5. The molecule has 2 rings (SSSR count). The Morgan fingerprint density at radius 2 is 1.93 bits per heavy atom. The maximum absolute atomic E-state index is 12.1. The molecule has 0 heterocycles. The van der Waals surface area contributed by atoms with Crippen LogP contribution in [0.5, 0.6) is 11.5 Å². The van der Waals surface area contributed by atoms with Crippen molar-refractivity contribution in [1.29, 1.82) is 10.5 Å². The third-order valence-corrected chi connectivity index (χ3v) is 4.19. The molecule has 0 spiro atoms. The molecular formula is C22H20ClN3O3. The molecular weight excluding hydrogens is 390 g/mol. The van der Waals surface area contributed by atoms with Crippen LogP contribution in [0.4, 0.5) is 0 Å². The molecule has 0 N–H and O–H groups in total.